The molecule has 0 atom stereocenters. The molecule has 0 aliphatic heterocycles. The Morgan fingerprint density at radius 3 is 2.67 bits per heavy atom. The van der Waals surface area contributed by atoms with E-state index in [2.05, 4.69) is 11.8 Å². The van der Waals surface area contributed by atoms with Crippen LogP contribution in [0.15, 0.2) is 36.4 Å². The van der Waals surface area contributed by atoms with E-state index in [0.717, 1.165) is 29.3 Å². The van der Waals surface area contributed by atoms with Crippen LogP contribution in [-0.2, 0) is 6.61 Å². The van der Waals surface area contributed by atoms with Crippen LogP contribution in [0.5, 0.6) is 5.75 Å². The van der Waals surface area contributed by atoms with Gasteiger partial charge < -0.3 is 10.5 Å². The first-order valence-electron chi connectivity index (χ1n) is 6.46. The standard InChI is InChI=1S/C17H15F2NO/c1-12-9-13(3-2-8-20)4-7-17(12)21-11-14-10-15(18)5-6-16(14)19/h4-7,9-10H,8,11,20H2,1H3. The minimum atomic E-state index is -0.487. The lowest BCUT2D eigenvalue weighted by Crippen LogP contribution is -2.00. The number of benzene rings is 2. The van der Waals surface area contributed by atoms with Crippen molar-refractivity contribution in [3.63, 3.8) is 0 Å². The molecule has 0 bridgehead atoms. The molecule has 0 radical (unpaired) electrons. The summed E-state index contributed by atoms with van der Waals surface area (Å²) in [5.41, 5.74) is 7.21. The number of ether oxygens (including phenoxy) is 1. The summed E-state index contributed by atoms with van der Waals surface area (Å²) < 4.78 is 32.1. The molecule has 0 saturated heterocycles. The van der Waals surface area contributed by atoms with Crippen LogP contribution in [-0.4, -0.2) is 6.54 Å². The van der Waals surface area contributed by atoms with Crippen LogP contribution in [0.1, 0.15) is 16.7 Å². The third-order valence-corrected chi connectivity index (χ3v) is 2.90. The Morgan fingerprint density at radius 1 is 1.14 bits per heavy atom. The summed E-state index contributed by atoms with van der Waals surface area (Å²) in [5.74, 6) is 5.33. The number of halogens is 2. The molecule has 0 aliphatic carbocycles. The third-order valence-electron chi connectivity index (χ3n) is 2.90. The normalized spacial score (nSPS) is 9.90. The summed E-state index contributed by atoms with van der Waals surface area (Å²) in [6, 6.07) is 8.72. The summed E-state index contributed by atoms with van der Waals surface area (Å²) in [7, 11) is 0. The van der Waals surface area contributed by atoms with E-state index in [4.69, 9.17) is 10.5 Å². The van der Waals surface area contributed by atoms with Crippen molar-refractivity contribution < 1.29 is 13.5 Å². The molecule has 2 nitrogen and oxygen atoms in total. The van der Waals surface area contributed by atoms with Crippen LogP contribution in [0.25, 0.3) is 0 Å². The van der Waals surface area contributed by atoms with Gasteiger partial charge in [0.05, 0.1) is 6.54 Å². The van der Waals surface area contributed by atoms with Crippen molar-refractivity contribution in [2.75, 3.05) is 6.54 Å². The van der Waals surface area contributed by atoms with Gasteiger partial charge in [0.2, 0.25) is 0 Å². The second kappa shape index (κ2) is 6.87. The topological polar surface area (TPSA) is 35.2 Å². The highest BCUT2D eigenvalue weighted by atomic mass is 19.1. The Kier molecular flexibility index (Phi) is 4.91. The van der Waals surface area contributed by atoms with E-state index in [1.54, 1.807) is 12.1 Å². The molecule has 2 N–H and O–H groups in total. The van der Waals surface area contributed by atoms with E-state index in [1.807, 2.05) is 13.0 Å². The van der Waals surface area contributed by atoms with Gasteiger partial charge in [-0.25, -0.2) is 8.78 Å². The third kappa shape index (κ3) is 4.04. The van der Waals surface area contributed by atoms with Crippen LogP contribution in [0, 0.1) is 30.4 Å². The van der Waals surface area contributed by atoms with E-state index in [0.29, 0.717) is 12.3 Å². The van der Waals surface area contributed by atoms with Gasteiger partial charge in [-0.3, -0.25) is 0 Å². The van der Waals surface area contributed by atoms with Gasteiger partial charge in [0, 0.05) is 11.1 Å². The van der Waals surface area contributed by atoms with Crippen LogP contribution in [0.2, 0.25) is 0 Å². The van der Waals surface area contributed by atoms with Crippen LogP contribution in [0.3, 0.4) is 0 Å². The molecular weight excluding hydrogens is 272 g/mol. The average molecular weight is 287 g/mol. The first-order valence-corrected chi connectivity index (χ1v) is 6.46. The Hall–Kier alpha value is -2.38. The molecule has 2 rings (SSSR count). The molecule has 2 aromatic carbocycles. The van der Waals surface area contributed by atoms with Gasteiger partial charge >= 0.3 is 0 Å². The van der Waals surface area contributed by atoms with Crippen molar-refractivity contribution in [1.82, 2.24) is 0 Å². The molecule has 0 aliphatic rings. The maximum atomic E-state index is 13.5. The molecule has 21 heavy (non-hydrogen) atoms. The monoisotopic (exact) mass is 287 g/mol. The van der Waals surface area contributed by atoms with Crippen LogP contribution < -0.4 is 10.5 Å². The number of nitrogens with two attached hydrogens (primary N) is 1. The number of hydrogen-bond acceptors (Lipinski definition) is 2. The quantitative estimate of drug-likeness (QED) is 0.880. The van der Waals surface area contributed by atoms with Gasteiger partial charge in [0.25, 0.3) is 0 Å². The first-order chi connectivity index (χ1) is 10.1. The smallest absolute Gasteiger partial charge is 0.130 e. The van der Waals surface area contributed by atoms with E-state index in [9.17, 15) is 8.78 Å². The lowest BCUT2D eigenvalue weighted by Gasteiger charge is -2.10. The van der Waals surface area contributed by atoms with Gasteiger partial charge in [-0.1, -0.05) is 11.8 Å². The molecule has 4 heteroatoms. The van der Waals surface area contributed by atoms with Crippen molar-refractivity contribution in [3.8, 4) is 17.6 Å². The molecule has 0 fully saturated rings. The second-order valence-electron chi connectivity index (χ2n) is 4.51. The number of rotatable bonds is 3. The summed E-state index contributed by atoms with van der Waals surface area (Å²) in [6.45, 7) is 2.14. The van der Waals surface area contributed by atoms with E-state index in [-0.39, 0.29) is 12.2 Å². The molecule has 108 valence electrons. The largest absolute Gasteiger partial charge is 0.489 e. The minimum absolute atomic E-state index is 0.0295. The fraction of sp³-hybridized carbons (Fsp3) is 0.176. The molecule has 0 heterocycles. The van der Waals surface area contributed by atoms with Crippen molar-refractivity contribution in [2.45, 2.75) is 13.5 Å². The predicted molar refractivity (Wildman–Crippen MR) is 77.8 cm³/mol. The summed E-state index contributed by atoms with van der Waals surface area (Å²) >= 11 is 0. The van der Waals surface area contributed by atoms with Gasteiger partial charge in [-0.15, -0.1) is 0 Å². The highest BCUT2D eigenvalue weighted by molar-refractivity contribution is 5.43. The summed E-state index contributed by atoms with van der Waals surface area (Å²) in [6.07, 6.45) is 0. The Bertz CT molecular complexity index is 702. The molecule has 0 aromatic heterocycles. The lowest BCUT2D eigenvalue weighted by molar-refractivity contribution is 0.297. The highest BCUT2D eigenvalue weighted by Gasteiger charge is 2.06. The Balaban J connectivity index is 2.11. The molecule has 0 saturated carbocycles. The SMILES string of the molecule is Cc1cc(C#CCN)ccc1OCc1cc(F)ccc1F. The zero-order chi connectivity index (χ0) is 15.2. The fourth-order valence-electron chi connectivity index (χ4n) is 1.85. The zero-order valence-corrected chi connectivity index (χ0v) is 11.6. The second-order valence-corrected chi connectivity index (χ2v) is 4.51. The van der Waals surface area contributed by atoms with Crippen molar-refractivity contribution in [1.29, 1.82) is 0 Å². The average Bonchev–Trinajstić information content (AvgIpc) is 2.47. The molecule has 0 spiro atoms. The number of aryl methyl sites for hydroxylation is 1. The van der Waals surface area contributed by atoms with Crippen molar-refractivity contribution in [2.24, 2.45) is 5.73 Å². The highest BCUT2D eigenvalue weighted by Crippen LogP contribution is 2.21. The maximum Gasteiger partial charge on any atom is 0.130 e. The molecule has 0 unspecified atom stereocenters. The number of hydrogen-bond donors (Lipinski definition) is 1. The molecule has 2 aromatic rings. The Morgan fingerprint density at radius 2 is 1.95 bits per heavy atom. The lowest BCUT2D eigenvalue weighted by atomic mass is 10.1. The first kappa shape index (κ1) is 15.0. The predicted octanol–water partition coefficient (Wildman–Crippen LogP) is 3.16. The van der Waals surface area contributed by atoms with Crippen LogP contribution in [0.4, 0.5) is 8.78 Å². The maximum absolute atomic E-state index is 13.5. The van der Waals surface area contributed by atoms with Gasteiger partial charge in [-0.05, 0) is 48.9 Å². The molecular formula is C17H15F2NO. The van der Waals surface area contributed by atoms with Gasteiger partial charge in [0.1, 0.15) is 24.0 Å². The van der Waals surface area contributed by atoms with E-state index < -0.39 is 11.6 Å². The van der Waals surface area contributed by atoms with Crippen molar-refractivity contribution in [3.05, 3.63) is 64.7 Å². The van der Waals surface area contributed by atoms with Crippen molar-refractivity contribution >= 4 is 0 Å². The van der Waals surface area contributed by atoms with Crippen LogP contribution >= 0.6 is 0 Å². The summed E-state index contributed by atoms with van der Waals surface area (Å²) in [4.78, 5) is 0. The summed E-state index contributed by atoms with van der Waals surface area (Å²) in [5, 5.41) is 0. The van der Waals surface area contributed by atoms with E-state index in [1.165, 1.54) is 0 Å². The van der Waals surface area contributed by atoms with Gasteiger partial charge in [0.15, 0.2) is 0 Å². The fourth-order valence-corrected chi connectivity index (χ4v) is 1.85. The molecule has 0 amide bonds. The Labute approximate surface area is 122 Å². The minimum Gasteiger partial charge on any atom is -0.489 e. The zero-order valence-electron chi connectivity index (χ0n) is 11.6. The van der Waals surface area contributed by atoms with Gasteiger partial charge in [-0.2, -0.15) is 0 Å². The van der Waals surface area contributed by atoms with E-state index >= 15 is 0 Å².